The molecule has 1 atom stereocenters. The Labute approximate surface area is 379 Å². The molecule has 0 bridgehead atoms. The summed E-state index contributed by atoms with van der Waals surface area (Å²) in [6.07, 6.45) is 68.7. The fourth-order valence-electron chi connectivity index (χ4n) is 5.97. The Balaban J connectivity index is 4.52. The maximum Gasteiger partial charge on any atom is 0.306 e. The highest BCUT2D eigenvalue weighted by Crippen LogP contribution is 2.12. The Bertz CT molecular complexity index is 1400. The minimum atomic E-state index is -0.831. The molecule has 0 fully saturated rings. The van der Waals surface area contributed by atoms with E-state index in [0.717, 1.165) is 122 Å². The highest BCUT2D eigenvalue weighted by Gasteiger charge is 2.19. The Morgan fingerprint density at radius 1 is 0.339 bits per heavy atom. The molecule has 1 unspecified atom stereocenters. The minimum absolute atomic E-state index is 0.124. The fraction of sp³-hybridized carbons (Fsp3) is 0.554. The number of rotatable bonds is 41. The molecule has 62 heavy (non-hydrogen) atoms. The molecule has 0 saturated heterocycles. The van der Waals surface area contributed by atoms with E-state index in [0.29, 0.717) is 19.3 Å². The summed E-state index contributed by atoms with van der Waals surface area (Å²) in [5.41, 5.74) is 0. The predicted octanol–water partition coefficient (Wildman–Crippen LogP) is 15.9. The maximum atomic E-state index is 12.7. The molecule has 0 radical (unpaired) electrons. The van der Waals surface area contributed by atoms with Crippen molar-refractivity contribution >= 4 is 17.9 Å². The van der Waals surface area contributed by atoms with Crippen molar-refractivity contribution in [1.29, 1.82) is 0 Å². The largest absolute Gasteiger partial charge is 0.462 e. The van der Waals surface area contributed by atoms with Crippen molar-refractivity contribution in [3.8, 4) is 0 Å². The van der Waals surface area contributed by atoms with Crippen LogP contribution in [0.25, 0.3) is 0 Å². The van der Waals surface area contributed by atoms with Crippen LogP contribution in [0.15, 0.2) is 134 Å². The Hall–Kier alpha value is -4.45. The number of esters is 3. The van der Waals surface area contributed by atoms with Gasteiger partial charge >= 0.3 is 17.9 Å². The van der Waals surface area contributed by atoms with Crippen LogP contribution < -0.4 is 0 Å². The minimum Gasteiger partial charge on any atom is -0.462 e. The van der Waals surface area contributed by atoms with Gasteiger partial charge in [-0.25, -0.2) is 0 Å². The van der Waals surface area contributed by atoms with Gasteiger partial charge in [0, 0.05) is 19.3 Å². The summed E-state index contributed by atoms with van der Waals surface area (Å²) in [5.74, 6) is -1.04. The van der Waals surface area contributed by atoms with Gasteiger partial charge in [-0.05, 0) is 96.3 Å². The van der Waals surface area contributed by atoms with Crippen LogP contribution in [-0.2, 0) is 28.6 Å². The van der Waals surface area contributed by atoms with Gasteiger partial charge in [-0.2, -0.15) is 0 Å². The van der Waals surface area contributed by atoms with Crippen LogP contribution in [0.2, 0.25) is 0 Å². The zero-order valence-electron chi connectivity index (χ0n) is 39.3. The smallest absolute Gasteiger partial charge is 0.306 e. The van der Waals surface area contributed by atoms with Gasteiger partial charge < -0.3 is 14.2 Å². The molecule has 0 aromatic rings. The van der Waals surface area contributed by atoms with Gasteiger partial charge in [0.05, 0.1) is 0 Å². The lowest BCUT2D eigenvalue weighted by atomic mass is 10.1. The van der Waals surface area contributed by atoms with E-state index < -0.39 is 12.1 Å². The topological polar surface area (TPSA) is 78.9 Å². The first kappa shape index (κ1) is 57.5. The standard InChI is InChI=1S/C56H86O6/c1-4-7-10-13-16-19-22-25-26-27-28-29-30-32-34-37-40-43-46-49-55(58)61-52-53(51-60-54(57)48-45-42-39-36-33-24-21-18-15-12-9-6-3)62-56(59)50-47-44-41-38-35-31-23-20-17-14-11-8-5-2/h7-12,14,16-21,23,25-26,28-29,31,35,38,41,53H,4-6,13,15,22,24,27,30,32-34,36-37,39-40,42-52H2,1-3H3/b10-7-,11-8-,12-9-,17-14-,19-16-,21-18-,23-20-,26-25-,29-28-,35-31-,41-38-. The van der Waals surface area contributed by atoms with Crippen LogP contribution in [0, 0.1) is 0 Å². The summed E-state index contributed by atoms with van der Waals surface area (Å²) in [7, 11) is 0. The Morgan fingerprint density at radius 2 is 0.677 bits per heavy atom. The summed E-state index contributed by atoms with van der Waals surface area (Å²) in [4.78, 5) is 37.8. The van der Waals surface area contributed by atoms with Gasteiger partial charge in [0.2, 0.25) is 0 Å². The van der Waals surface area contributed by atoms with E-state index in [4.69, 9.17) is 14.2 Å². The van der Waals surface area contributed by atoms with E-state index in [-0.39, 0.29) is 31.6 Å². The zero-order valence-corrected chi connectivity index (χ0v) is 39.3. The van der Waals surface area contributed by atoms with Crippen molar-refractivity contribution < 1.29 is 28.6 Å². The Morgan fingerprint density at radius 3 is 1.13 bits per heavy atom. The average molecular weight is 855 g/mol. The average Bonchev–Trinajstić information content (AvgIpc) is 3.27. The molecule has 0 heterocycles. The van der Waals surface area contributed by atoms with Crippen LogP contribution >= 0.6 is 0 Å². The van der Waals surface area contributed by atoms with Crippen molar-refractivity contribution in [2.24, 2.45) is 0 Å². The number of carbonyl (C=O) groups excluding carboxylic acids is 3. The van der Waals surface area contributed by atoms with Gasteiger partial charge in [-0.1, -0.05) is 199 Å². The van der Waals surface area contributed by atoms with Crippen molar-refractivity contribution in [2.45, 2.75) is 187 Å². The summed E-state index contributed by atoms with van der Waals surface area (Å²) in [6.45, 7) is 6.15. The third-order valence-corrected chi connectivity index (χ3v) is 9.51. The predicted molar refractivity (Wildman–Crippen MR) is 265 cm³/mol. The normalized spacial score (nSPS) is 13.3. The van der Waals surface area contributed by atoms with Crippen LogP contribution in [-0.4, -0.2) is 37.2 Å². The number of hydrogen-bond donors (Lipinski definition) is 0. The monoisotopic (exact) mass is 855 g/mol. The van der Waals surface area contributed by atoms with Crippen LogP contribution in [0.3, 0.4) is 0 Å². The molecule has 0 saturated carbocycles. The number of ether oxygens (including phenoxy) is 3. The van der Waals surface area contributed by atoms with Crippen molar-refractivity contribution in [2.75, 3.05) is 13.2 Å². The van der Waals surface area contributed by atoms with Gasteiger partial charge in [0.25, 0.3) is 0 Å². The highest BCUT2D eigenvalue weighted by molar-refractivity contribution is 5.71. The lowest BCUT2D eigenvalue weighted by molar-refractivity contribution is -0.167. The number of carbonyl (C=O) groups is 3. The molecule has 0 aliphatic heterocycles. The lowest BCUT2D eigenvalue weighted by Gasteiger charge is -2.18. The highest BCUT2D eigenvalue weighted by atomic mass is 16.6. The van der Waals surface area contributed by atoms with E-state index in [1.807, 2.05) is 54.7 Å². The van der Waals surface area contributed by atoms with Crippen molar-refractivity contribution in [3.63, 3.8) is 0 Å². The van der Waals surface area contributed by atoms with Crippen molar-refractivity contribution in [1.82, 2.24) is 0 Å². The quantitative estimate of drug-likeness (QED) is 0.0200. The first-order valence-corrected chi connectivity index (χ1v) is 24.3. The molecule has 6 heteroatoms. The molecule has 0 aliphatic carbocycles. The van der Waals surface area contributed by atoms with Gasteiger partial charge in [-0.15, -0.1) is 0 Å². The summed E-state index contributed by atoms with van der Waals surface area (Å²) >= 11 is 0. The molecular formula is C56H86O6. The van der Waals surface area contributed by atoms with E-state index >= 15 is 0 Å². The van der Waals surface area contributed by atoms with Crippen LogP contribution in [0.5, 0.6) is 0 Å². The third-order valence-electron chi connectivity index (χ3n) is 9.51. The van der Waals surface area contributed by atoms with E-state index in [9.17, 15) is 14.4 Å². The van der Waals surface area contributed by atoms with Gasteiger partial charge in [0.1, 0.15) is 13.2 Å². The summed E-state index contributed by atoms with van der Waals surface area (Å²) < 4.78 is 16.7. The van der Waals surface area contributed by atoms with E-state index in [1.165, 1.54) is 12.8 Å². The van der Waals surface area contributed by atoms with E-state index in [2.05, 4.69) is 99.8 Å². The fourth-order valence-corrected chi connectivity index (χ4v) is 5.97. The second-order valence-electron chi connectivity index (χ2n) is 15.3. The summed E-state index contributed by atoms with van der Waals surface area (Å²) in [6, 6.07) is 0. The van der Waals surface area contributed by atoms with Gasteiger partial charge in [0.15, 0.2) is 6.10 Å². The lowest BCUT2D eigenvalue weighted by Crippen LogP contribution is -2.30. The molecule has 0 amide bonds. The molecule has 0 spiro atoms. The first-order valence-electron chi connectivity index (χ1n) is 24.3. The second-order valence-corrected chi connectivity index (χ2v) is 15.3. The summed E-state index contributed by atoms with van der Waals surface area (Å²) in [5, 5.41) is 0. The zero-order chi connectivity index (χ0) is 45.1. The molecule has 0 aliphatic rings. The van der Waals surface area contributed by atoms with Crippen LogP contribution in [0.4, 0.5) is 0 Å². The first-order chi connectivity index (χ1) is 30.5. The third kappa shape index (κ3) is 46.6. The van der Waals surface area contributed by atoms with Crippen molar-refractivity contribution in [3.05, 3.63) is 134 Å². The Kier molecular flexibility index (Phi) is 45.7. The van der Waals surface area contributed by atoms with Gasteiger partial charge in [-0.3, -0.25) is 14.4 Å². The van der Waals surface area contributed by atoms with E-state index in [1.54, 1.807) is 0 Å². The number of hydrogen-bond acceptors (Lipinski definition) is 6. The van der Waals surface area contributed by atoms with Crippen LogP contribution in [0.1, 0.15) is 181 Å². The number of unbranched alkanes of at least 4 members (excludes halogenated alkanes) is 12. The number of allylic oxidation sites excluding steroid dienone is 22. The molecule has 0 aromatic heterocycles. The molecule has 346 valence electrons. The second kappa shape index (κ2) is 49.2. The molecular weight excluding hydrogens is 769 g/mol. The molecule has 0 N–H and O–H groups in total. The maximum absolute atomic E-state index is 12.7. The molecule has 6 nitrogen and oxygen atoms in total. The SMILES string of the molecule is CC\C=C/C=C\C=C/C=C\C=C/CCCC(=O)OC(COC(=O)CCCCCCC/C=C\C/C=C\CC)COC(=O)CCCCCCCC/C=C\C/C=C\C/C=C\C/C=C\CC. The molecule has 0 aromatic carbocycles. The molecule has 0 rings (SSSR count).